The van der Waals surface area contributed by atoms with E-state index in [1.807, 2.05) is 0 Å². The predicted molar refractivity (Wildman–Crippen MR) is 124 cm³/mol. The van der Waals surface area contributed by atoms with Crippen molar-refractivity contribution in [3.05, 3.63) is 71.0 Å². The second-order valence-corrected chi connectivity index (χ2v) is 7.72. The number of ether oxygens (including phenoxy) is 1. The number of allylic oxidation sites excluding steroid dienone is 3. The number of rotatable bonds is 3. The van der Waals surface area contributed by atoms with Crippen LogP contribution < -0.4 is 21.9 Å². The third-order valence-electron chi connectivity index (χ3n) is 5.06. The fraction of sp³-hybridized carbons (Fsp3) is 0.261. The maximum absolute atomic E-state index is 14.1. The molecular weight excluding hydrogens is 490 g/mol. The Bertz CT molecular complexity index is 1250. The number of hydrogen-bond donors (Lipinski definition) is 3. The molecule has 7 nitrogen and oxygen atoms in total. The van der Waals surface area contributed by atoms with E-state index in [4.69, 9.17) is 21.9 Å². The van der Waals surface area contributed by atoms with Crippen molar-refractivity contribution in [3.63, 3.8) is 0 Å². The van der Waals surface area contributed by atoms with E-state index >= 15 is 0 Å². The molecule has 2 heterocycles. The van der Waals surface area contributed by atoms with Crippen molar-refractivity contribution in [3.8, 4) is 5.75 Å². The van der Waals surface area contributed by atoms with Gasteiger partial charge in [-0.2, -0.15) is 13.2 Å². The molecule has 0 radical (unpaired) electrons. The Morgan fingerprint density at radius 3 is 2.64 bits per heavy atom. The highest BCUT2D eigenvalue weighted by Crippen LogP contribution is 2.34. The number of benzene rings is 1. The van der Waals surface area contributed by atoms with Gasteiger partial charge in [-0.1, -0.05) is 0 Å². The van der Waals surface area contributed by atoms with Crippen molar-refractivity contribution >= 4 is 22.9 Å². The van der Waals surface area contributed by atoms with Crippen LogP contribution in [0.3, 0.4) is 0 Å². The number of anilines is 1. The largest absolute Gasteiger partial charge is 0.482 e. The minimum absolute atomic E-state index is 0.0438. The normalized spacial score (nSPS) is 19.4. The molecule has 0 unspecified atom stereocenters. The lowest BCUT2D eigenvalue weighted by Crippen LogP contribution is -2.21. The fourth-order valence-corrected chi connectivity index (χ4v) is 3.38. The van der Waals surface area contributed by atoms with Crippen LogP contribution in [0.15, 0.2) is 64.0 Å². The summed E-state index contributed by atoms with van der Waals surface area (Å²) in [6, 6.07) is 4.82. The molecule has 1 aliphatic heterocycles. The van der Waals surface area contributed by atoms with Gasteiger partial charge in [-0.05, 0) is 49.0 Å². The Morgan fingerprint density at radius 1 is 1.28 bits per heavy atom. The summed E-state index contributed by atoms with van der Waals surface area (Å²) in [5.74, 6) is -0.637. The van der Waals surface area contributed by atoms with Gasteiger partial charge in [0.05, 0.1) is 11.4 Å². The molecule has 0 spiro atoms. The third-order valence-corrected chi connectivity index (χ3v) is 5.06. The molecule has 192 valence electrons. The monoisotopic (exact) mass is 512 g/mol. The lowest BCUT2D eigenvalue weighted by molar-refractivity contribution is -0.0925. The molecule has 1 aromatic heterocycles. The number of halogens is 6. The summed E-state index contributed by atoms with van der Waals surface area (Å²) in [6.07, 6.45) is -6.14. The van der Waals surface area contributed by atoms with Crippen LogP contribution in [-0.4, -0.2) is 35.6 Å². The lowest BCUT2D eigenvalue weighted by Gasteiger charge is -2.21. The molecule has 0 fully saturated rings. The summed E-state index contributed by atoms with van der Waals surface area (Å²) >= 11 is 0. The average molecular weight is 512 g/mol. The number of nitrogens with zero attached hydrogens (tertiary/aromatic N) is 3. The number of nitrogens with two attached hydrogens (primary N) is 3. The lowest BCUT2D eigenvalue weighted by atomic mass is 9.98. The summed E-state index contributed by atoms with van der Waals surface area (Å²) in [6.45, 7) is 0.626. The molecule has 1 aliphatic rings. The maximum Gasteiger partial charge on any atom is 0.430 e. The van der Waals surface area contributed by atoms with E-state index in [2.05, 4.69) is 15.0 Å². The molecule has 2 bridgehead atoms. The molecule has 6 N–H and O–H groups in total. The van der Waals surface area contributed by atoms with Gasteiger partial charge < -0.3 is 21.9 Å². The van der Waals surface area contributed by atoms with Crippen LogP contribution in [0.1, 0.15) is 30.6 Å². The molecular formula is C23H22F6N6O. The van der Waals surface area contributed by atoms with Crippen LogP contribution in [0.5, 0.6) is 5.75 Å². The van der Waals surface area contributed by atoms with E-state index in [-0.39, 0.29) is 51.8 Å². The smallest absolute Gasteiger partial charge is 0.430 e. The number of pyridine rings is 1. The standard InChI is InChI=1S/C23H22F6N6O/c1-11-16-6-14(24)2-3-17(16)35-15(7-19(31)23(27,28)29)4-12(8-30)21(33-10-20(25)26)13-5-18(36-11)22(32)34-9-13/h2-3,5-9,11,20H,4,10,30-31H2,1H3,(H2,32,34)/t11-/m1/s1. The Morgan fingerprint density at radius 2 is 2.00 bits per heavy atom. The highest BCUT2D eigenvalue weighted by atomic mass is 19.4. The van der Waals surface area contributed by atoms with Gasteiger partial charge >= 0.3 is 6.18 Å². The molecule has 2 aromatic rings. The van der Waals surface area contributed by atoms with E-state index in [1.165, 1.54) is 18.3 Å². The fourth-order valence-electron chi connectivity index (χ4n) is 3.38. The van der Waals surface area contributed by atoms with Crippen LogP contribution in [0.2, 0.25) is 0 Å². The molecule has 1 atom stereocenters. The quantitative estimate of drug-likeness (QED) is 0.514. The molecule has 36 heavy (non-hydrogen) atoms. The predicted octanol–water partition coefficient (Wildman–Crippen LogP) is 4.72. The van der Waals surface area contributed by atoms with E-state index < -0.39 is 36.8 Å². The van der Waals surface area contributed by atoms with Crippen molar-refractivity contribution in [2.75, 3.05) is 12.3 Å². The molecule has 0 amide bonds. The van der Waals surface area contributed by atoms with Crippen molar-refractivity contribution < 1.29 is 31.1 Å². The van der Waals surface area contributed by atoms with Crippen molar-refractivity contribution in [1.29, 1.82) is 0 Å². The first-order chi connectivity index (χ1) is 16.9. The number of alkyl halides is 5. The Labute approximate surface area is 202 Å². The molecule has 0 saturated carbocycles. The Balaban J connectivity index is 2.31. The minimum atomic E-state index is -4.87. The first kappa shape index (κ1) is 26.6. The highest BCUT2D eigenvalue weighted by molar-refractivity contribution is 6.16. The number of nitrogen functional groups attached to an aromatic ring is 1. The van der Waals surface area contributed by atoms with E-state index in [9.17, 15) is 26.3 Å². The van der Waals surface area contributed by atoms with E-state index in [0.717, 1.165) is 18.3 Å². The number of aliphatic imine (C=N–C) groups is 2. The van der Waals surface area contributed by atoms with Crippen LogP contribution in [0.25, 0.3) is 0 Å². The zero-order chi connectivity index (χ0) is 26.6. The summed E-state index contributed by atoms with van der Waals surface area (Å²) < 4.78 is 85.6. The summed E-state index contributed by atoms with van der Waals surface area (Å²) in [4.78, 5) is 12.2. The van der Waals surface area contributed by atoms with Gasteiger partial charge in [0, 0.05) is 29.5 Å². The van der Waals surface area contributed by atoms with E-state index in [0.29, 0.717) is 6.08 Å². The number of hydrogen-bond acceptors (Lipinski definition) is 7. The SMILES string of the molecule is C[C@H]1Oc2cc(cnc2N)C(=NCC(F)F)C(=CN)CC(C=C(N)C(F)(F)F)=Nc2ccc(F)cc21. The summed E-state index contributed by atoms with van der Waals surface area (Å²) in [7, 11) is 0. The van der Waals surface area contributed by atoms with Crippen molar-refractivity contribution in [1.82, 2.24) is 4.98 Å². The van der Waals surface area contributed by atoms with Gasteiger partial charge in [0.15, 0.2) is 11.6 Å². The summed E-state index contributed by atoms with van der Waals surface area (Å²) in [5, 5.41) is 0. The second-order valence-electron chi connectivity index (χ2n) is 7.72. The van der Waals surface area contributed by atoms with Crippen LogP contribution in [0.4, 0.5) is 37.8 Å². The first-order valence-electron chi connectivity index (χ1n) is 10.5. The second kappa shape index (κ2) is 10.7. The maximum atomic E-state index is 14.1. The Hall–Kier alpha value is -4.03. The first-order valence-corrected chi connectivity index (χ1v) is 10.5. The molecule has 0 saturated heterocycles. The van der Waals surface area contributed by atoms with Crippen LogP contribution >= 0.6 is 0 Å². The van der Waals surface area contributed by atoms with Crippen molar-refractivity contribution in [2.24, 2.45) is 21.5 Å². The van der Waals surface area contributed by atoms with Gasteiger partial charge in [-0.3, -0.25) is 9.98 Å². The number of fused-ring (bicyclic) bond motifs is 3. The molecule has 1 aromatic carbocycles. The van der Waals surface area contributed by atoms with Gasteiger partial charge in [0.25, 0.3) is 6.43 Å². The average Bonchev–Trinajstić information content (AvgIpc) is 2.79. The Kier molecular flexibility index (Phi) is 7.90. The zero-order valence-electron chi connectivity index (χ0n) is 18.9. The van der Waals surface area contributed by atoms with Gasteiger partial charge in [-0.25, -0.2) is 18.2 Å². The number of aromatic nitrogens is 1. The van der Waals surface area contributed by atoms with Gasteiger partial charge in [-0.15, -0.1) is 0 Å². The topological polar surface area (TPSA) is 125 Å². The molecule has 0 aliphatic carbocycles. The zero-order valence-corrected chi connectivity index (χ0v) is 18.9. The minimum Gasteiger partial charge on any atom is -0.482 e. The van der Waals surface area contributed by atoms with Crippen molar-refractivity contribution in [2.45, 2.75) is 32.1 Å². The molecule has 3 rings (SSSR count). The molecule has 13 heteroatoms. The van der Waals surface area contributed by atoms with Crippen LogP contribution in [0, 0.1) is 5.82 Å². The van der Waals surface area contributed by atoms with Gasteiger partial charge in [0.1, 0.15) is 24.2 Å². The van der Waals surface area contributed by atoms with Crippen LogP contribution in [-0.2, 0) is 0 Å². The highest BCUT2D eigenvalue weighted by Gasteiger charge is 2.32. The summed E-state index contributed by atoms with van der Waals surface area (Å²) in [5.41, 5.74) is 15.6. The third kappa shape index (κ3) is 6.34. The van der Waals surface area contributed by atoms with Gasteiger partial charge in [0.2, 0.25) is 0 Å². The van der Waals surface area contributed by atoms with E-state index in [1.54, 1.807) is 6.92 Å².